The highest BCUT2D eigenvalue weighted by Gasteiger charge is 2.29. The average molecular weight is 552 g/mol. The molecule has 0 saturated carbocycles. The molecule has 1 aromatic carbocycles. The van der Waals surface area contributed by atoms with Crippen molar-refractivity contribution < 1.29 is 9.53 Å². The number of fused-ring (bicyclic) bond motifs is 1. The Hall–Kier alpha value is -4.22. The largest absolute Gasteiger partial charge is 0.496 e. The predicted molar refractivity (Wildman–Crippen MR) is 159 cm³/mol. The maximum atomic E-state index is 13.7. The van der Waals surface area contributed by atoms with Gasteiger partial charge in [-0.05, 0) is 88.9 Å². The Bertz CT molecular complexity index is 1670. The lowest BCUT2D eigenvalue weighted by atomic mass is 9.89. The average Bonchev–Trinajstić information content (AvgIpc) is 3.27. The number of nitrogens with zero attached hydrogens (tertiary/aromatic N) is 4. The summed E-state index contributed by atoms with van der Waals surface area (Å²) in [7, 11) is 1.55. The quantitative estimate of drug-likeness (QED) is 0.275. The van der Waals surface area contributed by atoms with Crippen LogP contribution in [0.1, 0.15) is 70.8 Å². The van der Waals surface area contributed by atoms with Gasteiger partial charge in [-0.25, -0.2) is 4.98 Å². The molecular formula is C33H37N5O3. The zero-order chi connectivity index (χ0) is 29.1. The van der Waals surface area contributed by atoms with Gasteiger partial charge in [-0.3, -0.25) is 14.5 Å². The number of carbonyl (C=O) groups is 1. The van der Waals surface area contributed by atoms with Crippen molar-refractivity contribution in [2.75, 3.05) is 20.2 Å². The Morgan fingerprint density at radius 3 is 2.68 bits per heavy atom. The van der Waals surface area contributed by atoms with Crippen LogP contribution in [0, 0.1) is 31.1 Å². The van der Waals surface area contributed by atoms with Crippen LogP contribution in [0.2, 0.25) is 0 Å². The van der Waals surface area contributed by atoms with E-state index >= 15 is 0 Å². The normalized spacial score (nSPS) is 15.1. The number of hydrogen-bond donors (Lipinski definition) is 1. The Balaban J connectivity index is 1.33. The highest BCUT2D eigenvalue weighted by molar-refractivity contribution is 6.09. The van der Waals surface area contributed by atoms with E-state index in [4.69, 9.17) is 10.00 Å². The van der Waals surface area contributed by atoms with Crippen LogP contribution in [0.5, 0.6) is 5.75 Å². The Morgan fingerprint density at radius 2 is 1.95 bits per heavy atom. The Kier molecular flexibility index (Phi) is 8.36. The smallest absolute Gasteiger partial charge is 0.255 e. The van der Waals surface area contributed by atoms with Crippen molar-refractivity contribution in [3.8, 4) is 11.8 Å². The van der Waals surface area contributed by atoms with Crippen molar-refractivity contribution in [3.05, 3.63) is 92.8 Å². The molecule has 3 aromatic heterocycles. The van der Waals surface area contributed by atoms with Gasteiger partial charge in [0.1, 0.15) is 17.5 Å². The molecule has 0 amide bonds. The van der Waals surface area contributed by atoms with E-state index in [0.29, 0.717) is 29.3 Å². The minimum atomic E-state index is -0.205. The number of pyridine rings is 2. The fourth-order valence-corrected chi connectivity index (χ4v) is 6.43. The van der Waals surface area contributed by atoms with E-state index < -0.39 is 0 Å². The number of nitriles is 1. The first kappa shape index (κ1) is 28.3. The van der Waals surface area contributed by atoms with Crippen LogP contribution in [0.25, 0.3) is 10.9 Å². The van der Waals surface area contributed by atoms with Crippen LogP contribution in [-0.2, 0) is 13.0 Å². The second-order valence-corrected chi connectivity index (χ2v) is 11.1. The molecule has 1 atom stereocenters. The maximum absolute atomic E-state index is 13.7. The molecule has 1 fully saturated rings. The third kappa shape index (κ3) is 5.82. The number of rotatable bonds is 9. The van der Waals surface area contributed by atoms with Crippen molar-refractivity contribution in [2.45, 2.75) is 59.0 Å². The van der Waals surface area contributed by atoms with Crippen molar-refractivity contribution in [1.29, 1.82) is 5.26 Å². The van der Waals surface area contributed by atoms with E-state index in [9.17, 15) is 9.59 Å². The number of hydrogen-bond acceptors (Lipinski definition) is 6. The van der Waals surface area contributed by atoms with E-state index in [-0.39, 0.29) is 23.8 Å². The van der Waals surface area contributed by atoms with Crippen LogP contribution >= 0.6 is 0 Å². The minimum absolute atomic E-state index is 0.0376. The number of aromatic nitrogens is 3. The molecular weight excluding hydrogens is 514 g/mol. The summed E-state index contributed by atoms with van der Waals surface area (Å²) in [4.78, 5) is 35.7. The molecule has 1 saturated heterocycles. The number of Topliss-reactive ketones (excluding diaryl/α,β-unsaturated/α-hetero) is 1. The summed E-state index contributed by atoms with van der Waals surface area (Å²) in [6, 6.07) is 16.2. The van der Waals surface area contributed by atoms with Gasteiger partial charge < -0.3 is 14.3 Å². The summed E-state index contributed by atoms with van der Waals surface area (Å²) in [6.07, 6.45) is 4.37. The molecule has 4 aromatic rings. The van der Waals surface area contributed by atoms with E-state index in [1.54, 1.807) is 19.4 Å². The number of ketones is 1. The lowest BCUT2D eigenvalue weighted by Gasteiger charge is -2.36. The first-order valence-electron chi connectivity index (χ1n) is 14.3. The van der Waals surface area contributed by atoms with E-state index in [2.05, 4.69) is 38.5 Å². The summed E-state index contributed by atoms with van der Waals surface area (Å²) < 4.78 is 7.79. The Morgan fingerprint density at radius 1 is 1.20 bits per heavy atom. The van der Waals surface area contributed by atoms with Crippen LogP contribution in [0.15, 0.2) is 53.5 Å². The van der Waals surface area contributed by atoms with Gasteiger partial charge in [-0.2, -0.15) is 5.26 Å². The summed E-state index contributed by atoms with van der Waals surface area (Å²) in [6.45, 7) is 8.92. The van der Waals surface area contributed by atoms with Crippen LogP contribution in [0.4, 0.5) is 0 Å². The maximum Gasteiger partial charge on any atom is 0.255 e. The van der Waals surface area contributed by atoms with Crippen molar-refractivity contribution >= 4 is 16.7 Å². The molecule has 0 aliphatic carbocycles. The monoisotopic (exact) mass is 551 g/mol. The molecule has 41 heavy (non-hydrogen) atoms. The van der Waals surface area contributed by atoms with Crippen LogP contribution in [-0.4, -0.2) is 45.4 Å². The third-order valence-corrected chi connectivity index (χ3v) is 8.55. The number of likely N-dealkylation sites (tertiary alicyclic amines) is 1. The lowest BCUT2D eigenvalue weighted by molar-refractivity contribution is 0.0983. The fraction of sp³-hybridized carbons (Fsp3) is 0.394. The van der Waals surface area contributed by atoms with E-state index in [1.165, 1.54) is 0 Å². The molecule has 5 rings (SSSR count). The van der Waals surface area contributed by atoms with Gasteiger partial charge >= 0.3 is 0 Å². The highest BCUT2D eigenvalue weighted by Crippen LogP contribution is 2.36. The van der Waals surface area contributed by atoms with E-state index in [1.807, 2.05) is 44.2 Å². The number of aryl methyl sites for hydroxylation is 1. The fourth-order valence-electron chi connectivity index (χ4n) is 6.43. The van der Waals surface area contributed by atoms with Gasteiger partial charge in [0, 0.05) is 53.1 Å². The number of H-pyrrole nitrogens is 1. The molecule has 0 radical (unpaired) electrons. The van der Waals surface area contributed by atoms with Gasteiger partial charge in [-0.15, -0.1) is 0 Å². The number of piperidine rings is 1. The van der Waals surface area contributed by atoms with Crippen LogP contribution < -0.4 is 10.3 Å². The SMILES string of the molecule is COc1cc(C)[nH]c(=O)c1CCC(=O)c1c(C)n([C@H](C)C2CCN(Cc3ccnc(C#N)c3)CC2)c2ccccc12. The van der Waals surface area contributed by atoms with Crippen molar-refractivity contribution in [2.24, 2.45) is 5.92 Å². The number of aromatic amines is 1. The molecule has 1 N–H and O–H groups in total. The van der Waals surface area contributed by atoms with Crippen LogP contribution in [0.3, 0.4) is 0 Å². The summed E-state index contributed by atoms with van der Waals surface area (Å²) in [5.41, 5.74) is 5.41. The highest BCUT2D eigenvalue weighted by atomic mass is 16.5. The van der Waals surface area contributed by atoms with E-state index in [0.717, 1.165) is 65.9 Å². The zero-order valence-electron chi connectivity index (χ0n) is 24.2. The van der Waals surface area contributed by atoms with Crippen molar-refractivity contribution in [3.63, 3.8) is 0 Å². The summed E-state index contributed by atoms with van der Waals surface area (Å²) in [5.74, 6) is 1.04. The predicted octanol–water partition coefficient (Wildman–Crippen LogP) is 5.51. The zero-order valence-corrected chi connectivity index (χ0v) is 24.2. The third-order valence-electron chi connectivity index (χ3n) is 8.55. The number of nitrogens with one attached hydrogen (secondary N) is 1. The van der Waals surface area contributed by atoms with Crippen molar-refractivity contribution in [1.82, 2.24) is 19.4 Å². The number of para-hydroxylation sites is 1. The van der Waals surface area contributed by atoms with Gasteiger partial charge in [-0.1, -0.05) is 18.2 Å². The molecule has 1 aliphatic rings. The first-order valence-corrected chi connectivity index (χ1v) is 14.3. The summed E-state index contributed by atoms with van der Waals surface area (Å²) >= 11 is 0. The standard InChI is InChI=1S/C33H37N5O3/c1-21-17-31(41-4)28(33(40)36-21)9-10-30(39)32-23(3)38(29-8-6-5-7-27(29)32)22(2)25-12-15-37(16-13-25)20-24-11-14-35-26(18-24)19-34/h5-8,11,14,17-18,22,25H,9-10,12-13,15-16,20H2,1-4H3,(H,36,40)/t22-/m1/s1. The summed E-state index contributed by atoms with van der Waals surface area (Å²) in [5, 5.41) is 10.1. The lowest BCUT2D eigenvalue weighted by Crippen LogP contribution is -2.36. The molecule has 8 heteroatoms. The Labute approximate surface area is 240 Å². The number of benzene rings is 1. The van der Waals surface area contributed by atoms with Gasteiger partial charge in [0.2, 0.25) is 0 Å². The number of methoxy groups -OCH3 is 1. The van der Waals surface area contributed by atoms with Gasteiger partial charge in [0.25, 0.3) is 5.56 Å². The number of ether oxygens (including phenoxy) is 1. The molecule has 212 valence electrons. The van der Waals surface area contributed by atoms with Gasteiger partial charge in [0.15, 0.2) is 5.78 Å². The second kappa shape index (κ2) is 12.1. The molecule has 1 aliphatic heterocycles. The number of carbonyl (C=O) groups excluding carboxylic acids is 1. The first-order chi connectivity index (χ1) is 19.8. The van der Waals surface area contributed by atoms with Gasteiger partial charge in [0.05, 0.1) is 12.7 Å². The molecule has 0 bridgehead atoms. The topological polar surface area (TPSA) is 104 Å². The molecule has 4 heterocycles. The molecule has 0 spiro atoms. The second-order valence-electron chi connectivity index (χ2n) is 11.1. The molecule has 0 unspecified atom stereocenters. The minimum Gasteiger partial charge on any atom is -0.496 e. The molecule has 8 nitrogen and oxygen atoms in total.